The lowest BCUT2D eigenvalue weighted by molar-refractivity contribution is -0.385. The first kappa shape index (κ1) is 15.5. The Hall–Kier alpha value is -1.55. The van der Waals surface area contributed by atoms with Gasteiger partial charge >= 0.3 is 0 Å². The van der Waals surface area contributed by atoms with Gasteiger partial charge in [-0.3, -0.25) is 10.1 Å². The molecule has 9 heteroatoms. The molecule has 19 heavy (non-hydrogen) atoms. The molecule has 0 amide bonds. The number of hydrogen-bond acceptors (Lipinski definition) is 6. The zero-order chi connectivity index (χ0) is 14.6. The Morgan fingerprint density at radius 2 is 2.11 bits per heavy atom. The molecule has 0 saturated carbocycles. The van der Waals surface area contributed by atoms with Crippen molar-refractivity contribution in [2.75, 3.05) is 13.7 Å². The highest BCUT2D eigenvalue weighted by Gasteiger charge is 2.20. The molecule has 0 bridgehead atoms. The Balaban J connectivity index is 3.16. The van der Waals surface area contributed by atoms with Crippen LogP contribution in [0.2, 0.25) is 0 Å². The summed E-state index contributed by atoms with van der Waals surface area (Å²) in [6.07, 6.45) is 0.203. The molecule has 0 aromatic heterocycles. The molecule has 0 radical (unpaired) electrons. The van der Waals surface area contributed by atoms with Crippen LogP contribution in [0.3, 0.4) is 0 Å². The van der Waals surface area contributed by atoms with E-state index in [1.807, 2.05) is 0 Å². The smallest absolute Gasteiger partial charge is 0.273 e. The number of primary sulfonamides is 1. The van der Waals surface area contributed by atoms with Gasteiger partial charge < -0.3 is 10.5 Å². The van der Waals surface area contributed by atoms with Gasteiger partial charge in [0, 0.05) is 24.8 Å². The summed E-state index contributed by atoms with van der Waals surface area (Å²) < 4.78 is 27.2. The maximum absolute atomic E-state index is 11.2. The zero-order valence-corrected chi connectivity index (χ0v) is 11.1. The fourth-order valence-corrected chi connectivity index (χ4v) is 2.15. The van der Waals surface area contributed by atoms with Gasteiger partial charge in [-0.25, -0.2) is 13.6 Å². The molecule has 1 aromatic carbocycles. The Kier molecular flexibility index (Phi) is 4.95. The molecule has 0 aliphatic heterocycles. The molecule has 1 unspecified atom stereocenters. The highest BCUT2D eigenvalue weighted by Crippen LogP contribution is 2.23. The van der Waals surface area contributed by atoms with Gasteiger partial charge in [0.2, 0.25) is 10.0 Å². The normalized spacial score (nSPS) is 13.2. The van der Waals surface area contributed by atoms with E-state index in [0.29, 0.717) is 5.56 Å². The Morgan fingerprint density at radius 1 is 1.47 bits per heavy atom. The van der Waals surface area contributed by atoms with Crippen LogP contribution in [0.15, 0.2) is 23.1 Å². The van der Waals surface area contributed by atoms with Crippen molar-refractivity contribution in [3.8, 4) is 0 Å². The van der Waals surface area contributed by atoms with Crippen molar-refractivity contribution in [1.29, 1.82) is 0 Å². The Bertz CT molecular complexity index is 573. The van der Waals surface area contributed by atoms with Crippen LogP contribution in [0, 0.1) is 10.1 Å². The van der Waals surface area contributed by atoms with Crippen LogP contribution >= 0.6 is 0 Å². The van der Waals surface area contributed by atoms with Gasteiger partial charge in [-0.05, 0) is 12.5 Å². The van der Waals surface area contributed by atoms with Gasteiger partial charge in [0.05, 0.1) is 16.4 Å². The van der Waals surface area contributed by atoms with Gasteiger partial charge in [-0.2, -0.15) is 0 Å². The maximum Gasteiger partial charge on any atom is 0.273 e. The lowest BCUT2D eigenvalue weighted by Crippen LogP contribution is -2.28. The first-order chi connectivity index (χ1) is 8.75. The van der Waals surface area contributed by atoms with E-state index < -0.39 is 21.0 Å². The Morgan fingerprint density at radius 3 is 2.58 bits per heavy atom. The number of hydrogen-bond donors (Lipinski definition) is 2. The number of methoxy groups -OCH3 is 1. The second-order valence-corrected chi connectivity index (χ2v) is 5.57. The quantitative estimate of drug-likeness (QED) is 0.547. The van der Waals surface area contributed by atoms with E-state index in [2.05, 4.69) is 0 Å². The topological polar surface area (TPSA) is 139 Å². The van der Waals surface area contributed by atoms with Crippen LogP contribution < -0.4 is 10.9 Å². The van der Waals surface area contributed by atoms with Crippen molar-refractivity contribution in [2.45, 2.75) is 17.4 Å². The lowest BCUT2D eigenvalue weighted by Gasteiger charge is -2.11. The number of nitrogens with two attached hydrogens (primary N) is 2. The van der Waals surface area contributed by atoms with Crippen molar-refractivity contribution in [3.63, 3.8) is 0 Å². The maximum atomic E-state index is 11.2. The highest BCUT2D eigenvalue weighted by molar-refractivity contribution is 7.89. The SMILES string of the molecule is COCC(N)Cc1ccc(S(N)(=O)=O)cc1[N+](=O)[O-]. The van der Waals surface area contributed by atoms with Crippen LogP contribution in [-0.4, -0.2) is 33.1 Å². The third kappa shape index (κ3) is 4.24. The third-order valence-corrected chi connectivity index (χ3v) is 3.36. The van der Waals surface area contributed by atoms with Crippen LogP contribution in [0.1, 0.15) is 5.56 Å². The summed E-state index contributed by atoms with van der Waals surface area (Å²) in [5.74, 6) is 0. The van der Waals surface area contributed by atoms with E-state index >= 15 is 0 Å². The fourth-order valence-electron chi connectivity index (χ4n) is 1.62. The van der Waals surface area contributed by atoms with Gasteiger partial charge in [0.1, 0.15) is 0 Å². The molecule has 0 aliphatic rings. The standard InChI is InChI=1S/C10H15N3O5S/c1-18-6-8(11)4-7-2-3-9(19(12,16)17)5-10(7)13(14)15/h2-3,5,8H,4,6,11H2,1H3,(H2,12,16,17). The molecule has 1 atom stereocenters. The summed E-state index contributed by atoms with van der Waals surface area (Å²) in [5, 5.41) is 15.9. The van der Waals surface area contributed by atoms with Crippen molar-refractivity contribution >= 4 is 15.7 Å². The van der Waals surface area contributed by atoms with E-state index in [9.17, 15) is 18.5 Å². The highest BCUT2D eigenvalue weighted by atomic mass is 32.2. The molecule has 1 aromatic rings. The van der Waals surface area contributed by atoms with E-state index in [-0.39, 0.29) is 23.6 Å². The number of rotatable bonds is 6. The molecule has 106 valence electrons. The van der Waals surface area contributed by atoms with Crippen LogP contribution in [0.4, 0.5) is 5.69 Å². The van der Waals surface area contributed by atoms with Crippen molar-refractivity contribution < 1.29 is 18.1 Å². The summed E-state index contributed by atoms with van der Waals surface area (Å²) in [5.41, 5.74) is 5.73. The van der Waals surface area contributed by atoms with Crippen molar-refractivity contribution in [3.05, 3.63) is 33.9 Å². The molecule has 0 spiro atoms. The van der Waals surface area contributed by atoms with Gasteiger partial charge in [0.15, 0.2) is 0 Å². The molecular formula is C10H15N3O5S. The molecule has 1 rings (SSSR count). The van der Waals surface area contributed by atoms with Crippen LogP contribution in [0.5, 0.6) is 0 Å². The molecule has 0 heterocycles. The number of benzene rings is 1. The van der Waals surface area contributed by atoms with Crippen LogP contribution in [-0.2, 0) is 21.2 Å². The van der Waals surface area contributed by atoms with Gasteiger partial charge in [0.25, 0.3) is 5.69 Å². The van der Waals surface area contributed by atoms with E-state index in [1.54, 1.807) is 0 Å². The number of nitro benzene ring substituents is 1. The molecular weight excluding hydrogens is 274 g/mol. The molecule has 0 saturated heterocycles. The van der Waals surface area contributed by atoms with Crippen LogP contribution in [0.25, 0.3) is 0 Å². The minimum absolute atomic E-state index is 0.203. The first-order valence-electron chi connectivity index (χ1n) is 5.30. The third-order valence-electron chi connectivity index (χ3n) is 2.44. The molecule has 0 fully saturated rings. The lowest BCUT2D eigenvalue weighted by atomic mass is 10.1. The largest absolute Gasteiger partial charge is 0.383 e. The summed E-state index contributed by atoms with van der Waals surface area (Å²) in [6, 6.07) is 3.08. The molecule has 0 aliphatic carbocycles. The minimum Gasteiger partial charge on any atom is -0.383 e. The zero-order valence-electron chi connectivity index (χ0n) is 10.3. The molecule has 4 N–H and O–H groups in total. The number of ether oxygens (including phenoxy) is 1. The predicted octanol–water partition coefficient (Wildman–Crippen LogP) is -0.242. The summed E-state index contributed by atoms with van der Waals surface area (Å²) in [4.78, 5) is 9.97. The minimum atomic E-state index is -3.97. The van der Waals surface area contributed by atoms with Gasteiger partial charge in [-0.1, -0.05) is 6.07 Å². The first-order valence-corrected chi connectivity index (χ1v) is 6.85. The summed E-state index contributed by atoms with van der Waals surface area (Å²) in [6.45, 7) is 0.244. The van der Waals surface area contributed by atoms with Gasteiger partial charge in [-0.15, -0.1) is 0 Å². The summed E-state index contributed by atoms with van der Waals surface area (Å²) >= 11 is 0. The van der Waals surface area contributed by atoms with E-state index in [4.69, 9.17) is 15.6 Å². The average molecular weight is 289 g/mol. The average Bonchev–Trinajstić information content (AvgIpc) is 2.27. The van der Waals surface area contributed by atoms with Crippen molar-refractivity contribution in [1.82, 2.24) is 0 Å². The fraction of sp³-hybridized carbons (Fsp3) is 0.400. The second kappa shape index (κ2) is 6.06. The molecule has 8 nitrogen and oxygen atoms in total. The summed E-state index contributed by atoms with van der Waals surface area (Å²) in [7, 11) is -2.50. The second-order valence-electron chi connectivity index (χ2n) is 4.01. The van der Waals surface area contributed by atoms with E-state index in [1.165, 1.54) is 19.2 Å². The monoisotopic (exact) mass is 289 g/mol. The van der Waals surface area contributed by atoms with E-state index in [0.717, 1.165) is 6.07 Å². The number of sulfonamides is 1. The predicted molar refractivity (Wildman–Crippen MR) is 68.0 cm³/mol. The van der Waals surface area contributed by atoms with Crippen molar-refractivity contribution in [2.24, 2.45) is 10.9 Å². The Labute approximate surface area is 110 Å². The number of nitro groups is 1. The number of nitrogens with zero attached hydrogens (tertiary/aromatic N) is 1.